The number of hydrogen-bond donors (Lipinski definition) is 1. The number of H-pyrrole nitrogens is 1. The minimum atomic E-state index is -0.749. The standard InChI is InChI=1S/C15H21N5O3/c1-14(2,3)22-13(21)15(7-4-8-15)12-18-11(23-20-12)6-5-10-16-9-17-19-10/h9H,4-8H2,1-3H3,(H,16,17,19). The highest BCUT2D eigenvalue weighted by Crippen LogP contribution is 2.44. The molecule has 0 saturated heterocycles. The maximum Gasteiger partial charge on any atom is 0.320 e. The highest BCUT2D eigenvalue weighted by molar-refractivity contribution is 5.83. The molecule has 0 unspecified atom stereocenters. The van der Waals surface area contributed by atoms with E-state index >= 15 is 0 Å². The summed E-state index contributed by atoms with van der Waals surface area (Å²) < 4.78 is 10.8. The van der Waals surface area contributed by atoms with Crippen molar-refractivity contribution in [1.82, 2.24) is 25.3 Å². The number of nitrogens with zero attached hydrogens (tertiary/aromatic N) is 4. The third kappa shape index (κ3) is 3.25. The summed E-state index contributed by atoms with van der Waals surface area (Å²) in [5, 5.41) is 10.6. The second kappa shape index (κ2) is 5.75. The minimum absolute atomic E-state index is 0.265. The van der Waals surface area contributed by atoms with Crippen LogP contribution in [0.4, 0.5) is 0 Å². The van der Waals surface area contributed by atoms with E-state index in [-0.39, 0.29) is 5.97 Å². The normalized spacial score (nSPS) is 16.8. The van der Waals surface area contributed by atoms with Gasteiger partial charge in [-0.3, -0.25) is 9.89 Å². The van der Waals surface area contributed by atoms with E-state index in [9.17, 15) is 4.79 Å². The third-order valence-electron chi connectivity index (χ3n) is 3.93. The number of hydrogen-bond acceptors (Lipinski definition) is 7. The number of aryl methyl sites for hydroxylation is 2. The van der Waals surface area contributed by atoms with Gasteiger partial charge in [0.1, 0.15) is 23.2 Å². The Kier molecular flexibility index (Phi) is 3.91. The monoisotopic (exact) mass is 319 g/mol. The lowest BCUT2D eigenvalue weighted by Gasteiger charge is -2.38. The van der Waals surface area contributed by atoms with E-state index in [0.29, 0.717) is 37.4 Å². The van der Waals surface area contributed by atoms with Crippen molar-refractivity contribution in [1.29, 1.82) is 0 Å². The number of esters is 1. The lowest BCUT2D eigenvalue weighted by atomic mass is 9.68. The van der Waals surface area contributed by atoms with Crippen LogP contribution in [0.5, 0.6) is 0 Å². The molecule has 0 atom stereocenters. The van der Waals surface area contributed by atoms with Crippen molar-refractivity contribution >= 4 is 5.97 Å². The van der Waals surface area contributed by atoms with Crippen molar-refractivity contribution < 1.29 is 14.1 Å². The molecule has 0 spiro atoms. The number of aromatic nitrogens is 5. The molecule has 8 heteroatoms. The van der Waals surface area contributed by atoms with Gasteiger partial charge in [0.2, 0.25) is 5.89 Å². The summed E-state index contributed by atoms with van der Waals surface area (Å²) in [6, 6.07) is 0. The van der Waals surface area contributed by atoms with Crippen molar-refractivity contribution in [3.63, 3.8) is 0 Å². The maximum atomic E-state index is 12.6. The molecule has 0 aromatic carbocycles. The first kappa shape index (κ1) is 15.6. The summed E-state index contributed by atoms with van der Waals surface area (Å²) in [6.07, 6.45) is 4.99. The van der Waals surface area contributed by atoms with Crippen molar-refractivity contribution in [3.8, 4) is 0 Å². The van der Waals surface area contributed by atoms with Crippen LogP contribution in [-0.2, 0) is 27.8 Å². The van der Waals surface area contributed by atoms with Crippen molar-refractivity contribution in [2.45, 2.75) is 63.9 Å². The molecule has 0 radical (unpaired) electrons. The first-order valence-electron chi connectivity index (χ1n) is 7.80. The fraction of sp³-hybridized carbons (Fsp3) is 0.667. The van der Waals surface area contributed by atoms with E-state index < -0.39 is 11.0 Å². The average Bonchev–Trinajstić information content (AvgIpc) is 3.03. The Morgan fingerprint density at radius 3 is 2.74 bits per heavy atom. The second-order valence-electron chi connectivity index (χ2n) is 6.88. The molecule has 3 rings (SSSR count). The molecule has 2 aromatic heterocycles. The molecule has 23 heavy (non-hydrogen) atoms. The van der Waals surface area contributed by atoms with Crippen LogP contribution in [0.2, 0.25) is 0 Å². The van der Waals surface area contributed by atoms with Crippen LogP contribution in [0, 0.1) is 0 Å². The Labute approximate surface area is 134 Å². The van der Waals surface area contributed by atoms with Gasteiger partial charge in [0.05, 0.1) is 0 Å². The number of carbonyl (C=O) groups excluding carboxylic acids is 1. The van der Waals surface area contributed by atoms with Gasteiger partial charge in [-0.25, -0.2) is 4.98 Å². The molecule has 1 aliphatic rings. The summed E-state index contributed by atoms with van der Waals surface area (Å²) in [6.45, 7) is 5.57. The summed E-state index contributed by atoms with van der Waals surface area (Å²) in [5.41, 5.74) is -1.28. The number of rotatable bonds is 5. The van der Waals surface area contributed by atoms with Crippen molar-refractivity contribution in [2.24, 2.45) is 0 Å². The van der Waals surface area contributed by atoms with Crippen molar-refractivity contribution in [2.75, 3.05) is 0 Å². The summed E-state index contributed by atoms with van der Waals surface area (Å²) >= 11 is 0. The predicted molar refractivity (Wildman–Crippen MR) is 79.5 cm³/mol. The predicted octanol–water partition coefficient (Wildman–Crippen LogP) is 1.74. The molecule has 1 fully saturated rings. The molecule has 0 bridgehead atoms. The number of aromatic amines is 1. The molecular weight excluding hydrogens is 298 g/mol. The zero-order chi connectivity index (χ0) is 16.5. The maximum absolute atomic E-state index is 12.6. The number of ether oxygens (including phenoxy) is 1. The Morgan fingerprint density at radius 1 is 1.39 bits per heavy atom. The van der Waals surface area contributed by atoms with Gasteiger partial charge in [-0.2, -0.15) is 10.1 Å². The summed E-state index contributed by atoms with van der Waals surface area (Å²) in [4.78, 5) is 21.0. The molecule has 2 heterocycles. The fourth-order valence-corrected chi connectivity index (χ4v) is 2.55. The zero-order valence-electron chi connectivity index (χ0n) is 13.6. The van der Waals surface area contributed by atoms with Gasteiger partial charge in [0.25, 0.3) is 0 Å². The Hall–Kier alpha value is -2.25. The number of carbonyl (C=O) groups is 1. The van der Waals surface area contributed by atoms with Gasteiger partial charge >= 0.3 is 5.97 Å². The van der Waals surface area contributed by atoms with E-state index in [1.165, 1.54) is 6.33 Å². The van der Waals surface area contributed by atoms with Gasteiger partial charge in [-0.05, 0) is 33.6 Å². The van der Waals surface area contributed by atoms with Crippen LogP contribution in [-0.4, -0.2) is 36.9 Å². The van der Waals surface area contributed by atoms with Crippen molar-refractivity contribution in [3.05, 3.63) is 23.9 Å². The summed E-state index contributed by atoms with van der Waals surface area (Å²) in [5.74, 6) is 1.42. The quantitative estimate of drug-likeness (QED) is 0.836. The summed E-state index contributed by atoms with van der Waals surface area (Å²) in [7, 11) is 0. The second-order valence-corrected chi connectivity index (χ2v) is 6.88. The molecule has 124 valence electrons. The fourth-order valence-electron chi connectivity index (χ4n) is 2.55. The molecule has 8 nitrogen and oxygen atoms in total. The van der Waals surface area contributed by atoms with E-state index in [4.69, 9.17) is 9.26 Å². The Bertz CT molecular complexity index is 668. The lowest BCUT2D eigenvalue weighted by Crippen LogP contribution is -2.47. The Morgan fingerprint density at radius 2 is 2.17 bits per heavy atom. The van der Waals surface area contributed by atoms with E-state index in [2.05, 4.69) is 25.3 Å². The van der Waals surface area contributed by atoms with E-state index in [1.807, 2.05) is 20.8 Å². The van der Waals surface area contributed by atoms with Gasteiger partial charge < -0.3 is 9.26 Å². The van der Waals surface area contributed by atoms with Gasteiger partial charge in [-0.1, -0.05) is 11.6 Å². The highest BCUT2D eigenvalue weighted by Gasteiger charge is 2.52. The number of nitrogens with one attached hydrogen (secondary N) is 1. The van der Waals surface area contributed by atoms with Gasteiger partial charge in [0, 0.05) is 12.8 Å². The van der Waals surface area contributed by atoms with Gasteiger partial charge in [-0.15, -0.1) is 0 Å². The van der Waals surface area contributed by atoms with Crippen LogP contribution < -0.4 is 0 Å². The molecule has 1 N–H and O–H groups in total. The molecule has 0 aliphatic heterocycles. The molecule has 1 saturated carbocycles. The Balaban J connectivity index is 1.71. The molecule has 2 aromatic rings. The first-order chi connectivity index (χ1) is 10.9. The average molecular weight is 319 g/mol. The molecular formula is C15H21N5O3. The van der Waals surface area contributed by atoms with Crippen LogP contribution in [0.3, 0.4) is 0 Å². The highest BCUT2D eigenvalue weighted by atomic mass is 16.6. The molecule has 1 aliphatic carbocycles. The largest absolute Gasteiger partial charge is 0.459 e. The van der Waals surface area contributed by atoms with Crippen LogP contribution >= 0.6 is 0 Å². The van der Waals surface area contributed by atoms with Gasteiger partial charge in [0.15, 0.2) is 5.82 Å². The lowest BCUT2D eigenvalue weighted by molar-refractivity contribution is -0.166. The smallest absolute Gasteiger partial charge is 0.320 e. The first-order valence-corrected chi connectivity index (χ1v) is 7.80. The SMILES string of the molecule is CC(C)(C)OC(=O)C1(c2noc(CCc3ncn[nH]3)n2)CCC1. The zero-order valence-corrected chi connectivity index (χ0v) is 13.6. The third-order valence-corrected chi connectivity index (χ3v) is 3.93. The van der Waals surface area contributed by atoms with Crippen LogP contribution in [0.25, 0.3) is 0 Å². The minimum Gasteiger partial charge on any atom is -0.459 e. The van der Waals surface area contributed by atoms with E-state index in [0.717, 1.165) is 12.2 Å². The van der Waals surface area contributed by atoms with E-state index in [1.54, 1.807) is 0 Å². The van der Waals surface area contributed by atoms with Crippen LogP contribution in [0.15, 0.2) is 10.9 Å². The molecule has 0 amide bonds. The van der Waals surface area contributed by atoms with Crippen LogP contribution in [0.1, 0.15) is 57.6 Å². The topological polar surface area (TPSA) is 107 Å².